The molecule has 0 aromatic heterocycles. The number of hydrogen-bond acceptors (Lipinski definition) is 5. The van der Waals surface area contributed by atoms with Crippen molar-refractivity contribution in [2.45, 2.75) is 35.6 Å². The van der Waals surface area contributed by atoms with Gasteiger partial charge in [-0.2, -0.15) is 4.31 Å². The zero-order valence-corrected chi connectivity index (χ0v) is 17.9. The quantitative estimate of drug-likeness (QED) is 0.614. The van der Waals surface area contributed by atoms with E-state index in [0.29, 0.717) is 13.1 Å². The molecule has 9 nitrogen and oxygen atoms in total. The van der Waals surface area contributed by atoms with Crippen molar-refractivity contribution < 1.29 is 21.6 Å². The minimum atomic E-state index is -3.87. The molecule has 4 N–H and O–H groups in total. The molecule has 1 aliphatic rings. The Morgan fingerprint density at radius 1 is 0.933 bits per heavy atom. The fourth-order valence-corrected chi connectivity index (χ4v) is 5.22. The predicted octanol–water partition coefficient (Wildman–Crippen LogP) is 1.83. The summed E-state index contributed by atoms with van der Waals surface area (Å²) in [6.45, 7) is 1.25. The molecule has 0 atom stereocenters. The van der Waals surface area contributed by atoms with Crippen molar-refractivity contribution >= 4 is 31.8 Å². The van der Waals surface area contributed by atoms with Crippen LogP contribution in [0, 0.1) is 0 Å². The molecule has 30 heavy (non-hydrogen) atoms. The molecule has 0 unspecified atom stereocenters. The number of hydrogen-bond donors (Lipinski definition) is 3. The Kier molecular flexibility index (Phi) is 6.76. The molecule has 0 bridgehead atoms. The molecule has 1 saturated heterocycles. The van der Waals surface area contributed by atoms with Crippen LogP contribution in [0.15, 0.2) is 58.3 Å². The lowest BCUT2D eigenvalue weighted by Gasteiger charge is -2.25. The fraction of sp³-hybridized carbons (Fsp3) is 0.316. The van der Waals surface area contributed by atoms with Gasteiger partial charge in [-0.1, -0.05) is 24.6 Å². The van der Waals surface area contributed by atoms with Crippen molar-refractivity contribution in [2.24, 2.45) is 5.14 Å². The summed E-state index contributed by atoms with van der Waals surface area (Å²) in [4.78, 5) is 12.2. The van der Waals surface area contributed by atoms with E-state index in [1.807, 2.05) is 0 Å². The van der Waals surface area contributed by atoms with Crippen molar-refractivity contribution in [1.29, 1.82) is 0 Å². The molecule has 0 radical (unpaired) electrons. The van der Waals surface area contributed by atoms with E-state index in [1.54, 1.807) is 12.1 Å². The van der Waals surface area contributed by atoms with Gasteiger partial charge in [-0.3, -0.25) is 0 Å². The minimum absolute atomic E-state index is 0.106. The summed E-state index contributed by atoms with van der Waals surface area (Å²) in [7, 11) is -7.36. The van der Waals surface area contributed by atoms with Gasteiger partial charge in [0.2, 0.25) is 20.0 Å². The molecule has 0 aliphatic carbocycles. The molecule has 1 aliphatic heterocycles. The number of carbonyl (C=O) groups is 1. The van der Waals surface area contributed by atoms with Gasteiger partial charge < -0.3 is 10.6 Å². The molecule has 1 fully saturated rings. The highest BCUT2D eigenvalue weighted by atomic mass is 32.2. The first-order valence-electron chi connectivity index (χ1n) is 9.43. The molecule has 3 rings (SSSR count). The van der Waals surface area contributed by atoms with E-state index < -0.39 is 26.1 Å². The van der Waals surface area contributed by atoms with Gasteiger partial charge >= 0.3 is 6.03 Å². The second kappa shape index (κ2) is 9.13. The molecule has 0 spiro atoms. The number of rotatable bonds is 6. The Morgan fingerprint density at radius 2 is 1.60 bits per heavy atom. The number of nitrogens with two attached hydrogens (primary N) is 1. The number of anilines is 1. The first-order valence-corrected chi connectivity index (χ1v) is 12.4. The van der Waals surface area contributed by atoms with E-state index in [4.69, 9.17) is 5.14 Å². The van der Waals surface area contributed by atoms with Crippen LogP contribution >= 0.6 is 0 Å². The molecular weight excluding hydrogens is 428 g/mol. The summed E-state index contributed by atoms with van der Waals surface area (Å²) in [5.74, 6) is 0. The van der Waals surface area contributed by atoms with Gasteiger partial charge in [-0.05, 0) is 48.7 Å². The Morgan fingerprint density at radius 3 is 2.23 bits per heavy atom. The zero-order chi connectivity index (χ0) is 21.8. The number of piperidine rings is 1. The summed E-state index contributed by atoms with van der Waals surface area (Å²) in [6.07, 6.45) is 2.79. The highest BCUT2D eigenvalue weighted by Gasteiger charge is 2.25. The Bertz CT molecular complexity index is 1110. The van der Waals surface area contributed by atoms with Crippen LogP contribution in [0.25, 0.3) is 0 Å². The van der Waals surface area contributed by atoms with Crippen LogP contribution in [0.1, 0.15) is 24.8 Å². The molecule has 11 heteroatoms. The average molecular weight is 453 g/mol. The van der Waals surface area contributed by atoms with E-state index in [1.165, 1.54) is 40.7 Å². The number of nitrogens with one attached hydrogen (secondary N) is 2. The smallest absolute Gasteiger partial charge is 0.319 e. The lowest BCUT2D eigenvalue weighted by molar-refractivity contribution is 0.251. The van der Waals surface area contributed by atoms with E-state index in [9.17, 15) is 21.6 Å². The minimum Gasteiger partial charge on any atom is -0.334 e. The van der Waals surface area contributed by atoms with E-state index in [2.05, 4.69) is 10.6 Å². The third-order valence-electron chi connectivity index (χ3n) is 4.75. The van der Waals surface area contributed by atoms with Crippen LogP contribution in [-0.2, 0) is 26.6 Å². The number of nitrogens with zero attached hydrogens (tertiary/aromatic N) is 1. The molecule has 1 heterocycles. The fourth-order valence-electron chi connectivity index (χ4n) is 3.14. The SMILES string of the molecule is NS(=O)(=O)c1cccc(NC(=O)NCc2ccc(S(=O)(=O)N3CCCCC3)cc2)c1. The number of carbonyl (C=O) groups excluding carboxylic acids is 1. The number of sulfonamides is 2. The van der Waals surface area contributed by atoms with Crippen LogP contribution in [-0.4, -0.2) is 40.3 Å². The monoisotopic (exact) mass is 452 g/mol. The molecule has 2 aromatic rings. The number of benzene rings is 2. The Hall–Kier alpha value is -2.47. The van der Waals surface area contributed by atoms with Gasteiger partial charge in [0.25, 0.3) is 0 Å². The van der Waals surface area contributed by atoms with E-state index in [-0.39, 0.29) is 22.0 Å². The maximum atomic E-state index is 12.7. The van der Waals surface area contributed by atoms with Gasteiger partial charge in [-0.15, -0.1) is 0 Å². The summed E-state index contributed by atoms with van der Waals surface area (Å²) < 4.78 is 49.6. The zero-order valence-electron chi connectivity index (χ0n) is 16.2. The second-order valence-electron chi connectivity index (χ2n) is 6.99. The van der Waals surface area contributed by atoms with E-state index >= 15 is 0 Å². The van der Waals surface area contributed by atoms with Crippen molar-refractivity contribution in [2.75, 3.05) is 18.4 Å². The highest BCUT2D eigenvalue weighted by molar-refractivity contribution is 7.89. The van der Waals surface area contributed by atoms with Crippen LogP contribution in [0.3, 0.4) is 0 Å². The summed E-state index contributed by atoms with van der Waals surface area (Å²) in [6, 6.07) is 11.4. The third-order valence-corrected chi connectivity index (χ3v) is 7.57. The predicted molar refractivity (Wildman–Crippen MR) is 113 cm³/mol. The van der Waals surface area contributed by atoms with Crippen molar-refractivity contribution in [1.82, 2.24) is 9.62 Å². The van der Waals surface area contributed by atoms with Gasteiger partial charge in [0, 0.05) is 25.3 Å². The normalized spacial score (nSPS) is 15.5. The largest absolute Gasteiger partial charge is 0.334 e. The lowest BCUT2D eigenvalue weighted by Crippen LogP contribution is -2.35. The summed E-state index contributed by atoms with van der Waals surface area (Å²) >= 11 is 0. The summed E-state index contributed by atoms with van der Waals surface area (Å²) in [5.41, 5.74) is 1.00. The van der Waals surface area contributed by atoms with Gasteiger partial charge in [0.1, 0.15) is 0 Å². The maximum Gasteiger partial charge on any atom is 0.319 e. The van der Waals surface area contributed by atoms with Crippen molar-refractivity contribution in [3.05, 3.63) is 54.1 Å². The van der Waals surface area contributed by atoms with Crippen molar-refractivity contribution in [3.63, 3.8) is 0 Å². The van der Waals surface area contributed by atoms with Crippen LogP contribution in [0.2, 0.25) is 0 Å². The van der Waals surface area contributed by atoms with Crippen molar-refractivity contribution in [3.8, 4) is 0 Å². The number of primary sulfonamides is 1. The molecule has 2 aromatic carbocycles. The lowest BCUT2D eigenvalue weighted by atomic mass is 10.2. The Labute approximate surface area is 176 Å². The number of amides is 2. The number of urea groups is 1. The average Bonchev–Trinajstić information content (AvgIpc) is 2.73. The molecular formula is C19H24N4O5S2. The van der Waals surface area contributed by atoms with E-state index in [0.717, 1.165) is 24.8 Å². The van der Waals surface area contributed by atoms with Crippen LogP contribution in [0.4, 0.5) is 10.5 Å². The van der Waals surface area contributed by atoms with Gasteiger partial charge in [-0.25, -0.2) is 26.8 Å². The first kappa shape index (κ1) is 22.2. The molecule has 0 saturated carbocycles. The third kappa shape index (κ3) is 5.57. The van der Waals surface area contributed by atoms with Gasteiger partial charge in [0.05, 0.1) is 9.79 Å². The summed E-state index contributed by atoms with van der Waals surface area (Å²) in [5, 5.41) is 10.2. The topological polar surface area (TPSA) is 139 Å². The maximum absolute atomic E-state index is 12.7. The van der Waals surface area contributed by atoms with Gasteiger partial charge in [0.15, 0.2) is 0 Å². The van der Waals surface area contributed by atoms with Crippen LogP contribution in [0.5, 0.6) is 0 Å². The molecule has 2 amide bonds. The van der Waals surface area contributed by atoms with Crippen LogP contribution < -0.4 is 15.8 Å². The second-order valence-corrected chi connectivity index (χ2v) is 10.5. The molecule has 162 valence electrons. The highest BCUT2D eigenvalue weighted by Crippen LogP contribution is 2.21. The Balaban J connectivity index is 1.58. The standard InChI is InChI=1S/C19H24N4O5S2/c20-29(25,26)18-6-4-5-16(13-18)22-19(24)21-14-15-7-9-17(10-8-15)30(27,28)23-11-2-1-3-12-23/h4-10,13H,1-3,11-12,14H2,(H2,20,25,26)(H2,21,22,24). The first-order chi connectivity index (χ1) is 14.2.